The Morgan fingerprint density at radius 2 is 2.45 bits per heavy atom. The molecule has 2 N–H and O–H groups in total. The smallest absolute Gasteiger partial charge is 0.0946 e. The van der Waals surface area contributed by atoms with E-state index in [1.54, 1.807) is 12.5 Å². The van der Waals surface area contributed by atoms with E-state index in [2.05, 4.69) is 4.98 Å². The van der Waals surface area contributed by atoms with Gasteiger partial charge in [-0.25, -0.2) is 4.98 Å². The molecule has 0 fully saturated rings. The summed E-state index contributed by atoms with van der Waals surface area (Å²) in [7, 11) is 0. The molecule has 0 aliphatic carbocycles. The van der Waals surface area contributed by atoms with Crippen molar-refractivity contribution in [3.8, 4) is 0 Å². The molecule has 0 radical (unpaired) electrons. The Hall–Kier alpha value is -0.540. The minimum Gasteiger partial charge on any atom is -0.337 e. The third-order valence-electron chi connectivity index (χ3n) is 1.58. The zero-order valence-corrected chi connectivity index (χ0v) is 7.04. The maximum atomic E-state index is 5.67. The molecule has 0 spiro atoms. The molecule has 4 heteroatoms. The summed E-state index contributed by atoms with van der Waals surface area (Å²) in [5.74, 6) is 0.958. The first-order valence-electron chi connectivity index (χ1n) is 3.58. The largest absolute Gasteiger partial charge is 0.337 e. The van der Waals surface area contributed by atoms with Gasteiger partial charge in [-0.15, -0.1) is 11.6 Å². The Bertz CT molecular complexity index is 182. The van der Waals surface area contributed by atoms with Crippen LogP contribution in [0.25, 0.3) is 0 Å². The predicted molar refractivity (Wildman–Crippen MR) is 45.5 cm³/mol. The van der Waals surface area contributed by atoms with Gasteiger partial charge in [0.2, 0.25) is 0 Å². The SMILES string of the molecule is NCC(CCl)Cn1ccnc1. The van der Waals surface area contributed by atoms with Crippen molar-refractivity contribution in [2.45, 2.75) is 6.54 Å². The molecule has 1 aromatic rings. The van der Waals surface area contributed by atoms with E-state index in [4.69, 9.17) is 17.3 Å². The van der Waals surface area contributed by atoms with Gasteiger partial charge in [0.1, 0.15) is 0 Å². The second kappa shape index (κ2) is 4.36. The highest BCUT2D eigenvalue weighted by atomic mass is 35.5. The average molecular weight is 174 g/mol. The van der Waals surface area contributed by atoms with Crippen molar-refractivity contribution in [3.05, 3.63) is 18.7 Å². The lowest BCUT2D eigenvalue weighted by molar-refractivity contribution is 0.496. The van der Waals surface area contributed by atoms with Gasteiger partial charge in [0.15, 0.2) is 0 Å². The molecule has 0 aliphatic rings. The zero-order valence-electron chi connectivity index (χ0n) is 6.28. The molecule has 0 saturated carbocycles. The summed E-state index contributed by atoms with van der Waals surface area (Å²) in [6, 6.07) is 0. The van der Waals surface area contributed by atoms with Gasteiger partial charge in [0, 0.05) is 30.7 Å². The highest BCUT2D eigenvalue weighted by molar-refractivity contribution is 6.18. The van der Waals surface area contributed by atoms with E-state index in [0.29, 0.717) is 18.3 Å². The van der Waals surface area contributed by atoms with Crippen molar-refractivity contribution in [3.63, 3.8) is 0 Å². The maximum Gasteiger partial charge on any atom is 0.0946 e. The number of aromatic nitrogens is 2. The molecule has 0 amide bonds. The van der Waals surface area contributed by atoms with E-state index in [0.717, 1.165) is 6.54 Å². The molecule has 0 bridgehead atoms. The van der Waals surface area contributed by atoms with Crippen LogP contribution in [0.1, 0.15) is 0 Å². The first kappa shape index (κ1) is 8.56. The predicted octanol–water partition coefficient (Wildman–Crippen LogP) is 0.697. The number of hydrogen-bond donors (Lipinski definition) is 1. The lowest BCUT2D eigenvalue weighted by Gasteiger charge is -2.10. The van der Waals surface area contributed by atoms with Crippen LogP contribution in [0.5, 0.6) is 0 Å². The average Bonchev–Trinajstić information content (AvgIpc) is 2.52. The summed E-state index contributed by atoms with van der Waals surface area (Å²) in [4.78, 5) is 3.92. The fourth-order valence-corrected chi connectivity index (χ4v) is 1.10. The molecule has 1 heterocycles. The minimum atomic E-state index is 0.353. The molecule has 3 nitrogen and oxygen atoms in total. The summed E-state index contributed by atoms with van der Waals surface area (Å²) in [6.45, 7) is 1.49. The Balaban J connectivity index is 2.41. The van der Waals surface area contributed by atoms with Crippen LogP contribution in [0.15, 0.2) is 18.7 Å². The van der Waals surface area contributed by atoms with Crippen LogP contribution in [-0.4, -0.2) is 22.0 Å². The Morgan fingerprint density at radius 1 is 1.64 bits per heavy atom. The molecule has 1 rings (SSSR count). The summed E-state index contributed by atoms with van der Waals surface area (Å²) in [6.07, 6.45) is 5.44. The second-order valence-corrected chi connectivity index (χ2v) is 2.82. The Kier molecular flexibility index (Phi) is 3.39. The van der Waals surface area contributed by atoms with Crippen LogP contribution in [0.3, 0.4) is 0 Å². The van der Waals surface area contributed by atoms with Gasteiger partial charge in [-0.2, -0.15) is 0 Å². The van der Waals surface area contributed by atoms with Crippen LogP contribution < -0.4 is 5.73 Å². The van der Waals surface area contributed by atoms with E-state index in [1.165, 1.54) is 0 Å². The molecule has 11 heavy (non-hydrogen) atoms. The number of nitrogens with zero attached hydrogens (tertiary/aromatic N) is 2. The summed E-state index contributed by atoms with van der Waals surface area (Å²) >= 11 is 5.67. The molecule has 0 aliphatic heterocycles. The van der Waals surface area contributed by atoms with Gasteiger partial charge < -0.3 is 10.3 Å². The standard InChI is InChI=1S/C7H12ClN3/c8-3-7(4-9)5-11-2-1-10-6-11/h1-2,6-7H,3-5,9H2. The lowest BCUT2D eigenvalue weighted by atomic mass is 10.2. The molecule has 1 aromatic heterocycles. The third kappa shape index (κ3) is 2.52. The first-order chi connectivity index (χ1) is 5.36. The Labute approximate surface area is 71.2 Å². The lowest BCUT2D eigenvalue weighted by Crippen LogP contribution is -2.20. The van der Waals surface area contributed by atoms with E-state index < -0.39 is 0 Å². The molecule has 62 valence electrons. The van der Waals surface area contributed by atoms with Crippen LogP contribution in [0.2, 0.25) is 0 Å². The molecule has 0 saturated heterocycles. The molecule has 1 unspecified atom stereocenters. The monoisotopic (exact) mass is 173 g/mol. The van der Waals surface area contributed by atoms with Crippen molar-refractivity contribution in [2.75, 3.05) is 12.4 Å². The highest BCUT2D eigenvalue weighted by Gasteiger charge is 2.04. The van der Waals surface area contributed by atoms with Crippen LogP contribution in [0.4, 0.5) is 0 Å². The van der Waals surface area contributed by atoms with Crippen LogP contribution >= 0.6 is 11.6 Å². The quantitative estimate of drug-likeness (QED) is 0.682. The summed E-state index contributed by atoms with van der Waals surface area (Å²) in [5.41, 5.74) is 5.48. The number of hydrogen-bond acceptors (Lipinski definition) is 2. The highest BCUT2D eigenvalue weighted by Crippen LogP contribution is 2.01. The zero-order chi connectivity index (χ0) is 8.10. The first-order valence-corrected chi connectivity index (χ1v) is 4.12. The van der Waals surface area contributed by atoms with Gasteiger partial charge >= 0.3 is 0 Å². The van der Waals surface area contributed by atoms with Gasteiger partial charge in [-0.05, 0) is 6.54 Å². The van der Waals surface area contributed by atoms with E-state index in [9.17, 15) is 0 Å². The van der Waals surface area contributed by atoms with E-state index >= 15 is 0 Å². The van der Waals surface area contributed by atoms with E-state index in [1.807, 2.05) is 10.8 Å². The number of nitrogens with two attached hydrogens (primary N) is 1. The van der Waals surface area contributed by atoms with Crippen molar-refractivity contribution >= 4 is 11.6 Å². The summed E-state index contributed by atoms with van der Waals surface area (Å²) in [5, 5.41) is 0. The van der Waals surface area contributed by atoms with Gasteiger partial charge in [0.05, 0.1) is 6.33 Å². The normalized spacial score (nSPS) is 13.3. The number of halogens is 1. The second-order valence-electron chi connectivity index (χ2n) is 2.52. The molecule has 1 atom stereocenters. The van der Waals surface area contributed by atoms with Crippen molar-refractivity contribution in [1.82, 2.24) is 9.55 Å². The van der Waals surface area contributed by atoms with E-state index in [-0.39, 0.29) is 0 Å². The number of rotatable bonds is 4. The fraction of sp³-hybridized carbons (Fsp3) is 0.571. The summed E-state index contributed by atoms with van der Waals surface area (Å²) < 4.78 is 1.99. The molecular weight excluding hydrogens is 162 g/mol. The number of alkyl halides is 1. The third-order valence-corrected chi connectivity index (χ3v) is 2.02. The van der Waals surface area contributed by atoms with Gasteiger partial charge in [-0.1, -0.05) is 0 Å². The Morgan fingerprint density at radius 3 is 2.91 bits per heavy atom. The number of imidazole rings is 1. The van der Waals surface area contributed by atoms with Crippen molar-refractivity contribution in [1.29, 1.82) is 0 Å². The topological polar surface area (TPSA) is 43.8 Å². The fourth-order valence-electron chi connectivity index (χ4n) is 0.879. The van der Waals surface area contributed by atoms with Gasteiger partial charge in [0.25, 0.3) is 0 Å². The minimum absolute atomic E-state index is 0.353. The van der Waals surface area contributed by atoms with Crippen LogP contribution in [-0.2, 0) is 6.54 Å². The van der Waals surface area contributed by atoms with Crippen LogP contribution in [0, 0.1) is 5.92 Å². The van der Waals surface area contributed by atoms with Crippen molar-refractivity contribution in [2.24, 2.45) is 11.7 Å². The van der Waals surface area contributed by atoms with Gasteiger partial charge in [-0.3, -0.25) is 0 Å². The molecular formula is C7H12ClN3. The molecule has 0 aromatic carbocycles. The van der Waals surface area contributed by atoms with Crippen molar-refractivity contribution < 1.29 is 0 Å². The maximum absolute atomic E-state index is 5.67.